The van der Waals surface area contributed by atoms with Crippen LogP contribution in [0.15, 0.2) is 43.1 Å². The Labute approximate surface area is 136 Å². The van der Waals surface area contributed by atoms with Crippen LogP contribution in [0.4, 0.5) is 0 Å². The Morgan fingerprint density at radius 2 is 1.96 bits per heavy atom. The van der Waals surface area contributed by atoms with Gasteiger partial charge in [0, 0.05) is 31.0 Å². The molecule has 0 radical (unpaired) electrons. The third-order valence-electron chi connectivity index (χ3n) is 3.64. The molecule has 0 aliphatic heterocycles. The lowest BCUT2D eigenvalue weighted by Gasteiger charge is -2.12. The molecule has 0 saturated carbocycles. The molecule has 0 bridgehead atoms. The molecular weight excluding hydrogens is 308 g/mol. The number of fused-ring (bicyclic) bond motifs is 2. The van der Waals surface area contributed by atoms with Crippen molar-refractivity contribution in [3.05, 3.63) is 54.6 Å². The van der Waals surface area contributed by atoms with Crippen molar-refractivity contribution in [2.24, 2.45) is 0 Å². The molecule has 0 aliphatic rings. The Morgan fingerprint density at radius 3 is 2.71 bits per heavy atom. The van der Waals surface area contributed by atoms with Gasteiger partial charge in [-0.05, 0) is 18.6 Å². The molecule has 24 heavy (non-hydrogen) atoms. The minimum atomic E-state index is -0.364. The van der Waals surface area contributed by atoms with E-state index < -0.39 is 0 Å². The molecule has 1 amide bonds. The molecule has 0 spiro atoms. The zero-order valence-electron chi connectivity index (χ0n) is 12.9. The van der Waals surface area contributed by atoms with Crippen LogP contribution in [-0.4, -0.2) is 39.9 Å². The molecule has 4 rings (SSSR count). The van der Waals surface area contributed by atoms with Crippen LogP contribution in [-0.2, 0) is 0 Å². The Balaban J connectivity index is 1.60. The largest absolute Gasteiger partial charge is 0.341 e. The monoisotopic (exact) mass is 322 g/mol. The van der Waals surface area contributed by atoms with Gasteiger partial charge >= 0.3 is 0 Å². The van der Waals surface area contributed by atoms with Crippen LogP contribution in [0.1, 0.15) is 35.7 Å². The Morgan fingerprint density at radius 1 is 1.17 bits per heavy atom. The van der Waals surface area contributed by atoms with E-state index in [2.05, 4.69) is 30.4 Å². The van der Waals surface area contributed by atoms with E-state index in [4.69, 9.17) is 0 Å². The number of aromatic nitrogens is 7. The number of hydrogen-bond acceptors (Lipinski definition) is 6. The lowest BCUT2D eigenvalue weighted by atomic mass is 10.1. The number of carbonyl (C=O) groups excluding carboxylic acids is 1. The van der Waals surface area contributed by atoms with Gasteiger partial charge in [0.05, 0.1) is 11.7 Å². The highest BCUT2D eigenvalue weighted by atomic mass is 16.2. The summed E-state index contributed by atoms with van der Waals surface area (Å²) in [5.41, 5.74) is 0.742. The van der Waals surface area contributed by atoms with Crippen LogP contribution >= 0.6 is 0 Å². The van der Waals surface area contributed by atoms with E-state index in [0.29, 0.717) is 18.0 Å². The van der Waals surface area contributed by atoms with Crippen molar-refractivity contribution in [2.45, 2.75) is 19.4 Å². The molecule has 0 fully saturated rings. The quantitative estimate of drug-likeness (QED) is 0.602. The number of nitrogens with one attached hydrogen (secondary N) is 1. The van der Waals surface area contributed by atoms with Crippen LogP contribution < -0.4 is 5.32 Å². The highest BCUT2D eigenvalue weighted by molar-refractivity contribution is 5.91. The first-order valence-electron chi connectivity index (χ1n) is 7.52. The Hall–Kier alpha value is -3.36. The minimum absolute atomic E-state index is 0.0778. The molecule has 1 unspecified atom stereocenters. The number of amides is 1. The van der Waals surface area contributed by atoms with E-state index >= 15 is 0 Å². The van der Waals surface area contributed by atoms with E-state index in [-0.39, 0.29) is 17.8 Å². The first-order valence-corrected chi connectivity index (χ1v) is 7.52. The van der Waals surface area contributed by atoms with Gasteiger partial charge < -0.3 is 5.32 Å². The number of carbonyl (C=O) groups is 1. The fourth-order valence-electron chi connectivity index (χ4n) is 2.45. The average Bonchev–Trinajstić information content (AvgIpc) is 3.23. The summed E-state index contributed by atoms with van der Waals surface area (Å²) in [5.74, 6) is 0.689. The van der Waals surface area contributed by atoms with Crippen LogP contribution in [0.25, 0.3) is 11.6 Å². The third-order valence-corrected chi connectivity index (χ3v) is 3.64. The molecule has 0 saturated heterocycles. The molecule has 0 aromatic carbocycles. The molecule has 9 heteroatoms. The molecule has 4 aromatic heterocycles. The summed E-state index contributed by atoms with van der Waals surface area (Å²) in [7, 11) is 0. The second-order valence-corrected chi connectivity index (χ2v) is 5.23. The predicted molar refractivity (Wildman–Crippen MR) is 84.3 cm³/mol. The Bertz CT molecular complexity index is 954. The number of nitrogens with zero attached hydrogens (tertiary/aromatic N) is 7. The van der Waals surface area contributed by atoms with Crippen LogP contribution in [0, 0.1) is 0 Å². The van der Waals surface area contributed by atoms with Crippen molar-refractivity contribution < 1.29 is 4.79 Å². The van der Waals surface area contributed by atoms with Crippen molar-refractivity contribution in [3.63, 3.8) is 0 Å². The fourth-order valence-corrected chi connectivity index (χ4v) is 2.45. The van der Waals surface area contributed by atoms with Gasteiger partial charge in [-0.3, -0.25) is 9.20 Å². The molecule has 120 valence electrons. The Kier molecular flexibility index (Phi) is 3.38. The second-order valence-electron chi connectivity index (χ2n) is 5.23. The third kappa shape index (κ3) is 2.45. The second kappa shape index (κ2) is 5.69. The van der Waals surface area contributed by atoms with Gasteiger partial charge in [-0.1, -0.05) is 6.92 Å². The zero-order valence-corrected chi connectivity index (χ0v) is 12.9. The highest BCUT2D eigenvalue weighted by Gasteiger charge is 2.20. The van der Waals surface area contributed by atoms with Gasteiger partial charge in [-0.2, -0.15) is 4.98 Å². The summed E-state index contributed by atoms with van der Waals surface area (Å²) in [6.45, 7) is 1.97. The normalized spacial score (nSPS) is 12.5. The van der Waals surface area contributed by atoms with E-state index in [1.54, 1.807) is 24.7 Å². The zero-order chi connectivity index (χ0) is 16.5. The van der Waals surface area contributed by atoms with Crippen LogP contribution in [0.5, 0.6) is 0 Å². The summed E-state index contributed by atoms with van der Waals surface area (Å²) in [5, 5.41) is 7.04. The maximum absolute atomic E-state index is 12.4. The fraction of sp³-hybridized carbons (Fsp3) is 0.200. The smallest absolute Gasteiger partial charge is 0.291 e. The predicted octanol–water partition coefficient (Wildman–Crippen LogP) is 1.05. The molecule has 0 aliphatic carbocycles. The molecule has 1 N–H and O–H groups in total. The lowest BCUT2D eigenvalue weighted by Crippen LogP contribution is -2.29. The molecule has 4 aromatic rings. The van der Waals surface area contributed by atoms with Gasteiger partial charge in [0.25, 0.3) is 11.7 Å². The van der Waals surface area contributed by atoms with Crippen molar-refractivity contribution in [1.82, 2.24) is 39.3 Å². The van der Waals surface area contributed by atoms with E-state index in [0.717, 1.165) is 5.69 Å². The maximum Gasteiger partial charge on any atom is 0.291 e. The van der Waals surface area contributed by atoms with E-state index in [1.807, 2.05) is 29.8 Å². The number of imidazole rings is 1. The molecule has 4 heterocycles. The van der Waals surface area contributed by atoms with Crippen molar-refractivity contribution in [2.75, 3.05) is 0 Å². The van der Waals surface area contributed by atoms with Crippen LogP contribution in [0.2, 0.25) is 0 Å². The summed E-state index contributed by atoms with van der Waals surface area (Å²) >= 11 is 0. The number of hydrogen-bond donors (Lipinski definition) is 1. The molecule has 1 atom stereocenters. The minimum Gasteiger partial charge on any atom is -0.341 e. The molecule has 9 nitrogen and oxygen atoms in total. The SMILES string of the molecule is CCC(NC(=O)c1nc2ncccn2n1)c1cn2cccnc2n1. The van der Waals surface area contributed by atoms with Gasteiger partial charge in [0.2, 0.25) is 11.6 Å². The topological polar surface area (TPSA) is 102 Å². The van der Waals surface area contributed by atoms with Crippen LogP contribution in [0.3, 0.4) is 0 Å². The van der Waals surface area contributed by atoms with Crippen molar-refractivity contribution >= 4 is 17.5 Å². The summed E-state index contributed by atoms with van der Waals surface area (Å²) in [6.07, 6.45) is 9.38. The van der Waals surface area contributed by atoms with Gasteiger partial charge in [0.1, 0.15) is 0 Å². The lowest BCUT2D eigenvalue weighted by molar-refractivity contribution is 0.0924. The summed E-state index contributed by atoms with van der Waals surface area (Å²) < 4.78 is 3.28. The van der Waals surface area contributed by atoms with Gasteiger partial charge in [-0.15, -0.1) is 5.10 Å². The van der Waals surface area contributed by atoms with Gasteiger partial charge in [0.15, 0.2) is 0 Å². The average molecular weight is 322 g/mol. The van der Waals surface area contributed by atoms with E-state index in [1.165, 1.54) is 4.52 Å². The summed E-state index contributed by atoms with van der Waals surface area (Å²) in [4.78, 5) is 29.3. The standard InChI is InChI=1S/C15H14N8O/c1-2-10(11-9-22-7-3-5-16-14(22)19-11)18-13(24)12-20-15-17-6-4-8-23(15)21-12/h3-10H,2H2,1H3,(H,18,24). The number of rotatable bonds is 4. The maximum atomic E-state index is 12.4. The van der Waals surface area contributed by atoms with Gasteiger partial charge in [-0.25, -0.2) is 19.5 Å². The van der Waals surface area contributed by atoms with E-state index in [9.17, 15) is 4.79 Å². The molecular formula is C15H14N8O. The highest BCUT2D eigenvalue weighted by Crippen LogP contribution is 2.16. The first kappa shape index (κ1) is 14.2. The van der Waals surface area contributed by atoms with Crippen molar-refractivity contribution in [3.8, 4) is 0 Å². The first-order chi connectivity index (χ1) is 11.7. The summed E-state index contributed by atoms with van der Waals surface area (Å²) in [6, 6.07) is 3.30. The van der Waals surface area contributed by atoms with Crippen molar-refractivity contribution in [1.29, 1.82) is 0 Å².